The molecule has 0 heterocycles. The summed E-state index contributed by atoms with van der Waals surface area (Å²) in [6, 6.07) is 0. The molecule has 1 heteroatoms. The number of hydrogen-bond donors (Lipinski definition) is 0. The van der Waals surface area contributed by atoms with Gasteiger partial charge in [-0.3, -0.25) is 0 Å². The maximum Gasteiger partial charge on any atom is 0.0236 e. The van der Waals surface area contributed by atoms with E-state index in [1.165, 1.54) is 0 Å². The summed E-state index contributed by atoms with van der Waals surface area (Å²) < 4.78 is 7.55. The molecule has 68 valence electrons. The molecule has 0 bridgehead atoms. The average molecular weight is 159 g/mol. The normalized spacial score (nSPS) is 13.7. The maximum atomic E-state index is 7.55. The van der Waals surface area contributed by atoms with Crippen molar-refractivity contribution >= 4 is 0 Å². The summed E-state index contributed by atoms with van der Waals surface area (Å²) in [5, 5.41) is 0. The fourth-order valence-electron chi connectivity index (χ4n) is 1.16. The van der Waals surface area contributed by atoms with Crippen molar-refractivity contribution in [3.63, 3.8) is 0 Å². The lowest BCUT2D eigenvalue weighted by atomic mass is 9.84. The Bertz CT molecular complexity index is 102. The van der Waals surface area contributed by atoms with Gasteiger partial charge in [-0.05, 0) is 31.8 Å². The van der Waals surface area contributed by atoms with Gasteiger partial charge in [0.25, 0.3) is 0 Å². The highest BCUT2D eigenvalue weighted by Crippen LogP contribution is 2.25. The molecular weight excluding hydrogens is 134 g/mol. The first kappa shape index (κ1) is 9.05. The SMILES string of the molecule is [3H]CC(CC)(CC)CN(C)CC. The molecule has 0 N–H and O–H groups in total. The van der Waals surface area contributed by atoms with Crippen molar-refractivity contribution in [3.8, 4) is 0 Å². The molecule has 0 aliphatic heterocycles. The van der Waals surface area contributed by atoms with E-state index in [1.807, 2.05) is 0 Å². The molecule has 0 amide bonds. The average Bonchev–Trinajstić information content (AvgIpc) is 2.14. The third-order valence-corrected chi connectivity index (χ3v) is 2.65. The van der Waals surface area contributed by atoms with Crippen molar-refractivity contribution in [2.45, 2.75) is 40.5 Å². The predicted molar refractivity (Wildman–Crippen MR) is 51.9 cm³/mol. The van der Waals surface area contributed by atoms with Gasteiger partial charge >= 0.3 is 0 Å². The van der Waals surface area contributed by atoms with Crippen LogP contribution in [0.1, 0.15) is 41.9 Å². The molecule has 0 atom stereocenters. The van der Waals surface area contributed by atoms with Crippen LogP contribution in [0.15, 0.2) is 0 Å². The summed E-state index contributed by atoms with van der Waals surface area (Å²) in [5.41, 5.74) is 0.241. The van der Waals surface area contributed by atoms with Gasteiger partial charge in [-0.25, -0.2) is 0 Å². The standard InChI is InChI=1S/C10H23N/c1-6-10(4,7-2)9-11(5)8-3/h6-9H2,1-5H3/i4T. The van der Waals surface area contributed by atoms with E-state index < -0.39 is 0 Å². The minimum absolute atomic E-state index is 0.241. The molecule has 0 aliphatic carbocycles. The van der Waals surface area contributed by atoms with E-state index in [1.54, 1.807) is 0 Å². The van der Waals surface area contributed by atoms with Gasteiger partial charge in [-0.2, -0.15) is 0 Å². The summed E-state index contributed by atoms with van der Waals surface area (Å²) in [6.07, 6.45) is 2.24. The van der Waals surface area contributed by atoms with E-state index in [-0.39, 0.29) is 5.41 Å². The van der Waals surface area contributed by atoms with Crippen molar-refractivity contribution in [1.82, 2.24) is 4.90 Å². The fraction of sp³-hybridized carbons (Fsp3) is 1.00. The quantitative estimate of drug-likeness (QED) is 0.596. The highest BCUT2D eigenvalue weighted by Gasteiger charge is 2.20. The zero-order valence-corrected chi connectivity index (χ0v) is 8.48. The second-order valence-corrected chi connectivity index (χ2v) is 3.54. The van der Waals surface area contributed by atoms with E-state index in [0.29, 0.717) is 6.90 Å². The Morgan fingerprint density at radius 2 is 1.82 bits per heavy atom. The molecule has 0 saturated heterocycles. The van der Waals surface area contributed by atoms with E-state index in [4.69, 9.17) is 1.37 Å². The van der Waals surface area contributed by atoms with Crippen LogP contribution in [0.5, 0.6) is 0 Å². The molecular formula is C10H23N. The molecule has 1 nitrogen and oxygen atoms in total. The van der Waals surface area contributed by atoms with Gasteiger partial charge in [0.15, 0.2) is 0 Å². The topological polar surface area (TPSA) is 3.24 Å². The second-order valence-electron chi connectivity index (χ2n) is 3.54. The Morgan fingerprint density at radius 1 is 1.27 bits per heavy atom. The van der Waals surface area contributed by atoms with Gasteiger partial charge in [0.2, 0.25) is 0 Å². The summed E-state index contributed by atoms with van der Waals surface area (Å²) >= 11 is 0. The van der Waals surface area contributed by atoms with Crippen molar-refractivity contribution in [3.05, 3.63) is 0 Å². The van der Waals surface area contributed by atoms with E-state index in [9.17, 15) is 0 Å². The zero-order chi connectivity index (χ0) is 9.61. The molecule has 0 rings (SSSR count). The molecule has 11 heavy (non-hydrogen) atoms. The van der Waals surface area contributed by atoms with Crippen molar-refractivity contribution in [1.29, 1.82) is 0 Å². The van der Waals surface area contributed by atoms with Crippen LogP contribution in [0.3, 0.4) is 0 Å². The van der Waals surface area contributed by atoms with E-state index in [2.05, 4.69) is 32.7 Å². The first-order chi connectivity index (χ1) is 5.64. The highest BCUT2D eigenvalue weighted by atomic mass is 15.1. The van der Waals surface area contributed by atoms with Crippen LogP contribution >= 0.6 is 0 Å². The summed E-state index contributed by atoms with van der Waals surface area (Å²) in [4.78, 5) is 2.31. The number of nitrogens with zero attached hydrogens (tertiary/aromatic N) is 1. The maximum absolute atomic E-state index is 7.55. The molecule has 0 unspecified atom stereocenters. The molecule has 0 aromatic heterocycles. The van der Waals surface area contributed by atoms with Gasteiger partial charge in [-0.1, -0.05) is 27.7 Å². The Morgan fingerprint density at radius 3 is 2.09 bits per heavy atom. The smallest absolute Gasteiger partial charge is 0.0236 e. The van der Waals surface area contributed by atoms with Gasteiger partial charge in [0.05, 0.1) is 0 Å². The van der Waals surface area contributed by atoms with Crippen LogP contribution in [-0.2, 0) is 0 Å². The summed E-state index contributed by atoms with van der Waals surface area (Å²) in [6.45, 7) is 9.27. The zero-order valence-electron chi connectivity index (χ0n) is 9.48. The van der Waals surface area contributed by atoms with Crippen LogP contribution < -0.4 is 0 Å². The van der Waals surface area contributed by atoms with Crippen molar-refractivity contribution < 1.29 is 1.37 Å². The Hall–Kier alpha value is -0.0400. The molecule has 0 aliphatic rings. The minimum Gasteiger partial charge on any atom is -0.306 e. The predicted octanol–water partition coefficient (Wildman–Crippen LogP) is 2.76. The van der Waals surface area contributed by atoms with Crippen LogP contribution in [0.2, 0.25) is 0 Å². The molecule has 0 aromatic carbocycles. The lowest BCUT2D eigenvalue weighted by Gasteiger charge is -2.31. The highest BCUT2D eigenvalue weighted by molar-refractivity contribution is 4.73. The monoisotopic (exact) mass is 159 g/mol. The lowest BCUT2D eigenvalue weighted by molar-refractivity contribution is 0.185. The van der Waals surface area contributed by atoms with Gasteiger partial charge < -0.3 is 4.90 Å². The second kappa shape index (κ2) is 4.76. The Kier molecular flexibility index (Phi) is 3.92. The molecule has 0 aromatic rings. The van der Waals surface area contributed by atoms with Crippen LogP contribution in [0.4, 0.5) is 0 Å². The van der Waals surface area contributed by atoms with Crippen LogP contribution in [0.25, 0.3) is 0 Å². The summed E-state index contributed by atoms with van der Waals surface area (Å²) in [5.74, 6) is 0. The molecule has 0 fully saturated rings. The van der Waals surface area contributed by atoms with Crippen LogP contribution in [-0.4, -0.2) is 25.0 Å². The Balaban J connectivity index is 4.09. The first-order valence-corrected chi connectivity index (χ1v) is 4.62. The first-order valence-electron chi connectivity index (χ1n) is 5.32. The fourth-order valence-corrected chi connectivity index (χ4v) is 1.16. The van der Waals surface area contributed by atoms with Gasteiger partial charge in [0.1, 0.15) is 0 Å². The third kappa shape index (κ3) is 3.76. The lowest BCUT2D eigenvalue weighted by Crippen LogP contribution is -2.32. The van der Waals surface area contributed by atoms with Crippen LogP contribution in [0, 0.1) is 5.41 Å². The van der Waals surface area contributed by atoms with Gasteiger partial charge in [0, 0.05) is 7.92 Å². The van der Waals surface area contributed by atoms with E-state index in [0.717, 1.165) is 25.9 Å². The Labute approximate surface area is 73.2 Å². The number of rotatable bonds is 5. The number of hydrogen-bond acceptors (Lipinski definition) is 1. The molecule has 0 radical (unpaired) electrons. The van der Waals surface area contributed by atoms with E-state index >= 15 is 0 Å². The van der Waals surface area contributed by atoms with Gasteiger partial charge in [-0.15, -0.1) is 0 Å². The largest absolute Gasteiger partial charge is 0.306 e. The third-order valence-electron chi connectivity index (χ3n) is 2.65. The summed E-state index contributed by atoms with van der Waals surface area (Å²) in [7, 11) is 2.13. The van der Waals surface area contributed by atoms with Crippen molar-refractivity contribution in [2.24, 2.45) is 5.41 Å². The van der Waals surface area contributed by atoms with Crippen molar-refractivity contribution in [2.75, 3.05) is 20.1 Å². The molecule has 0 spiro atoms. The molecule has 0 saturated carbocycles. The minimum atomic E-state index is 0.241.